The van der Waals surface area contributed by atoms with Crippen molar-refractivity contribution in [3.8, 4) is 0 Å². The molecule has 14 heavy (non-hydrogen) atoms. The van der Waals surface area contributed by atoms with Crippen LogP contribution in [0.15, 0.2) is 24.3 Å². The van der Waals surface area contributed by atoms with Gasteiger partial charge in [-0.3, -0.25) is 4.84 Å². The molecule has 1 aliphatic rings. The molecule has 1 atom stereocenters. The molecule has 4 heteroatoms. The average Bonchev–Trinajstić information content (AvgIpc) is 2.19. The van der Waals surface area contributed by atoms with E-state index < -0.39 is 0 Å². The van der Waals surface area contributed by atoms with Gasteiger partial charge in [0.05, 0.1) is 6.61 Å². The third-order valence-electron chi connectivity index (χ3n) is 2.09. The van der Waals surface area contributed by atoms with Gasteiger partial charge in [0.15, 0.2) is 0 Å². The lowest BCUT2D eigenvalue weighted by Crippen LogP contribution is -2.33. The first-order chi connectivity index (χ1) is 6.75. The van der Waals surface area contributed by atoms with Crippen LogP contribution >= 0.6 is 11.6 Å². The van der Waals surface area contributed by atoms with Crippen LogP contribution in [0.2, 0.25) is 5.02 Å². The predicted octanol–water partition coefficient (Wildman–Crippen LogP) is 2.23. The van der Waals surface area contributed by atoms with Gasteiger partial charge in [-0.15, -0.1) is 0 Å². The Kier molecular flexibility index (Phi) is 3.03. The molecule has 1 aliphatic heterocycles. The molecule has 1 aromatic carbocycles. The van der Waals surface area contributed by atoms with Crippen LogP contribution in [0.25, 0.3) is 0 Å². The molecule has 0 aromatic heterocycles. The van der Waals surface area contributed by atoms with E-state index in [-0.39, 0.29) is 6.29 Å². The van der Waals surface area contributed by atoms with E-state index in [4.69, 9.17) is 21.2 Å². The van der Waals surface area contributed by atoms with Crippen molar-refractivity contribution in [2.75, 3.05) is 20.2 Å². The van der Waals surface area contributed by atoms with Crippen LogP contribution in [-0.4, -0.2) is 25.3 Å². The molecule has 2 rings (SSSR count). The monoisotopic (exact) mass is 213 g/mol. The minimum absolute atomic E-state index is 0.300. The van der Waals surface area contributed by atoms with Gasteiger partial charge in [-0.1, -0.05) is 23.7 Å². The van der Waals surface area contributed by atoms with Gasteiger partial charge in [-0.05, 0) is 12.1 Å². The molecular formula is C10H12ClNO2. The molecular weight excluding hydrogens is 202 g/mol. The Morgan fingerprint density at radius 3 is 2.71 bits per heavy atom. The largest absolute Gasteiger partial charge is 0.346 e. The van der Waals surface area contributed by atoms with Gasteiger partial charge in [0.25, 0.3) is 0 Å². The van der Waals surface area contributed by atoms with Crippen molar-refractivity contribution in [2.24, 2.45) is 0 Å². The highest BCUT2D eigenvalue weighted by Gasteiger charge is 2.19. The molecule has 1 aromatic rings. The summed E-state index contributed by atoms with van der Waals surface area (Å²) in [4.78, 5) is 5.48. The molecule has 1 unspecified atom stereocenters. The zero-order valence-corrected chi connectivity index (χ0v) is 8.70. The maximum atomic E-state index is 5.79. The highest BCUT2D eigenvalue weighted by atomic mass is 35.5. The number of hydrogen-bond donors (Lipinski definition) is 0. The van der Waals surface area contributed by atoms with E-state index in [0.717, 1.165) is 17.1 Å². The van der Waals surface area contributed by atoms with Crippen molar-refractivity contribution >= 4 is 11.6 Å². The fourth-order valence-corrected chi connectivity index (χ4v) is 1.44. The van der Waals surface area contributed by atoms with Crippen molar-refractivity contribution < 1.29 is 9.57 Å². The van der Waals surface area contributed by atoms with Crippen LogP contribution in [0.3, 0.4) is 0 Å². The van der Waals surface area contributed by atoms with Gasteiger partial charge in [0.2, 0.25) is 6.29 Å². The van der Waals surface area contributed by atoms with Crippen molar-refractivity contribution in [3.63, 3.8) is 0 Å². The molecule has 0 saturated carbocycles. The summed E-state index contributed by atoms with van der Waals surface area (Å²) in [5, 5.41) is 2.50. The number of hydrogen-bond acceptors (Lipinski definition) is 3. The van der Waals surface area contributed by atoms with Gasteiger partial charge in [0, 0.05) is 24.2 Å². The summed E-state index contributed by atoms with van der Waals surface area (Å²) >= 11 is 5.79. The molecule has 0 N–H and O–H groups in total. The van der Waals surface area contributed by atoms with Crippen LogP contribution in [0.4, 0.5) is 0 Å². The number of halogens is 1. The fraction of sp³-hybridized carbons (Fsp3) is 0.400. The normalized spacial score (nSPS) is 23.7. The third-order valence-corrected chi connectivity index (χ3v) is 2.35. The van der Waals surface area contributed by atoms with Crippen LogP contribution in [0.5, 0.6) is 0 Å². The summed E-state index contributed by atoms with van der Waals surface area (Å²) in [5.41, 5.74) is 0.987. The lowest BCUT2D eigenvalue weighted by molar-refractivity contribution is -0.315. The molecule has 0 spiro atoms. The van der Waals surface area contributed by atoms with Crippen molar-refractivity contribution in [2.45, 2.75) is 6.29 Å². The highest BCUT2D eigenvalue weighted by molar-refractivity contribution is 6.30. The second-order valence-corrected chi connectivity index (χ2v) is 3.65. The first-order valence-corrected chi connectivity index (χ1v) is 4.88. The maximum absolute atomic E-state index is 5.79. The van der Waals surface area contributed by atoms with E-state index >= 15 is 0 Å². The number of benzene rings is 1. The first kappa shape index (κ1) is 9.93. The molecule has 1 saturated heterocycles. The lowest BCUT2D eigenvalue weighted by Gasteiger charge is -2.29. The Morgan fingerprint density at radius 1 is 1.36 bits per heavy atom. The highest BCUT2D eigenvalue weighted by Crippen LogP contribution is 2.23. The van der Waals surface area contributed by atoms with Crippen LogP contribution in [0, 0.1) is 0 Å². The molecule has 3 nitrogen and oxygen atoms in total. The second kappa shape index (κ2) is 4.28. The minimum Gasteiger partial charge on any atom is -0.346 e. The summed E-state index contributed by atoms with van der Waals surface area (Å²) in [6, 6.07) is 7.48. The predicted molar refractivity (Wildman–Crippen MR) is 53.9 cm³/mol. The van der Waals surface area contributed by atoms with E-state index in [1.165, 1.54) is 0 Å². The number of ether oxygens (including phenoxy) is 1. The Balaban J connectivity index is 2.10. The Morgan fingerprint density at radius 2 is 2.07 bits per heavy atom. The average molecular weight is 214 g/mol. The van der Waals surface area contributed by atoms with Gasteiger partial charge in [-0.2, -0.15) is 5.06 Å². The molecule has 0 radical (unpaired) electrons. The first-order valence-electron chi connectivity index (χ1n) is 4.51. The number of hydroxylamine groups is 2. The summed E-state index contributed by atoms with van der Waals surface area (Å²) in [6.45, 7) is 1.48. The van der Waals surface area contributed by atoms with Gasteiger partial charge < -0.3 is 4.74 Å². The standard InChI is InChI=1S/C10H12ClNO2/c1-12-6-7-13-10(14-12)8-2-4-9(11)5-3-8/h2-5,10H,6-7H2,1H3. The van der Waals surface area contributed by atoms with Gasteiger partial charge in [0.1, 0.15) is 0 Å². The van der Waals surface area contributed by atoms with Crippen molar-refractivity contribution in [1.29, 1.82) is 0 Å². The number of rotatable bonds is 1. The lowest BCUT2D eigenvalue weighted by atomic mass is 10.2. The molecule has 0 aliphatic carbocycles. The van der Waals surface area contributed by atoms with Gasteiger partial charge in [-0.25, -0.2) is 0 Å². The summed E-state index contributed by atoms with van der Waals surface area (Å²) in [7, 11) is 1.89. The van der Waals surface area contributed by atoms with E-state index in [2.05, 4.69) is 0 Å². The molecule has 76 valence electrons. The zero-order chi connectivity index (χ0) is 9.97. The van der Waals surface area contributed by atoms with Crippen LogP contribution in [-0.2, 0) is 9.57 Å². The van der Waals surface area contributed by atoms with E-state index in [0.29, 0.717) is 6.61 Å². The smallest absolute Gasteiger partial charge is 0.203 e. The summed E-state index contributed by atoms with van der Waals surface area (Å²) < 4.78 is 5.47. The molecule has 1 fully saturated rings. The van der Waals surface area contributed by atoms with E-state index in [1.807, 2.05) is 31.3 Å². The molecule has 0 bridgehead atoms. The fourth-order valence-electron chi connectivity index (χ4n) is 1.31. The molecule has 0 amide bonds. The van der Waals surface area contributed by atoms with E-state index in [9.17, 15) is 0 Å². The van der Waals surface area contributed by atoms with E-state index in [1.54, 1.807) is 5.06 Å². The van der Waals surface area contributed by atoms with Crippen molar-refractivity contribution in [3.05, 3.63) is 34.9 Å². The Labute approximate surface area is 88.1 Å². The zero-order valence-electron chi connectivity index (χ0n) is 7.94. The number of nitrogens with zero attached hydrogens (tertiary/aromatic N) is 1. The topological polar surface area (TPSA) is 21.7 Å². The van der Waals surface area contributed by atoms with Crippen molar-refractivity contribution in [1.82, 2.24) is 5.06 Å². The number of likely N-dealkylation sites (N-methyl/N-ethyl adjacent to an activating group) is 1. The Bertz CT molecular complexity index is 301. The summed E-state index contributed by atoms with van der Waals surface area (Å²) in [6.07, 6.45) is -0.300. The maximum Gasteiger partial charge on any atom is 0.203 e. The molecule has 1 heterocycles. The third kappa shape index (κ3) is 2.25. The van der Waals surface area contributed by atoms with Gasteiger partial charge >= 0.3 is 0 Å². The SMILES string of the molecule is CN1CCOC(c2ccc(Cl)cc2)O1. The second-order valence-electron chi connectivity index (χ2n) is 3.21. The summed E-state index contributed by atoms with van der Waals surface area (Å²) in [5.74, 6) is 0. The minimum atomic E-state index is -0.300. The Hall–Kier alpha value is -0.610. The van der Waals surface area contributed by atoms with Crippen LogP contribution in [0.1, 0.15) is 11.9 Å². The quantitative estimate of drug-likeness (QED) is 0.714. The van der Waals surface area contributed by atoms with Crippen LogP contribution < -0.4 is 0 Å².